The molecular formula is C15H14ClN5. The Kier molecular flexibility index (Phi) is 3.58. The number of rotatable bonds is 3. The number of aryl methyl sites for hydroxylation is 2. The Morgan fingerprint density at radius 1 is 1.19 bits per heavy atom. The van der Waals surface area contributed by atoms with Gasteiger partial charge in [0.2, 0.25) is 5.95 Å². The number of aromatic nitrogens is 4. The summed E-state index contributed by atoms with van der Waals surface area (Å²) in [4.78, 5) is 8.71. The quantitative estimate of drug-likeness (QED) is 0.803. The average Bonchev–Trinajstić information content (AvgIpc) is 2.90. The molecule has 2 heterocycles. The number of para-hydroxylation sites is 1. The molecule has 106 valence electrons. The summed E-state index contributed by atoms with van der Waals surface area (Å²) >= 11 is 6.18. The maximum Gasteiger partial charge on any atom is 0.227 e. The van der Waals surface area contributed by atoms with Gasteiger partial charge in [-0.1, -0.05) is 29.8 Å². The van der Waals surface area contributed by atoms with Gasteiger partial charge < -0.3 is 5.32 Å². The van der Waals surface area contributed by atoms with Gasteiger partial charge in [0.1, 0.15) is 0 Å². The molecule has 0 unspecified atom stereocenters. The minimum atomic E-state index is 0.498. The zero-order valence-electron chi connectivity index (χ0n) is 11.7. The Morgan fingerprint density at radius 3 is 2.71 bits per heavy atom. The van der Waals surface area contributed by atoms with E-state index in [-0.39, 0.29) is 0 Å². The molecule has 0 atom stereocenters. The molecule has 2 aromatic heterocycles. The molecule has 0 aliphatic carbocycles. The van der Waals surface area contributed by atoms with Crippen molar-refractivity contribution in [2.75, 3.05) is 5.32 Å². The molecule has 0 bridgehead atoms. The SMILES string of the molecule is Cc1ccccc1Nc1ncc(Cl)c(-c2cnn(C)c2)n1. The Balaban J connectivity index is 1.96. The van der Waals surface area contributed by atoms with E-state index in [9.17, 15) is 0 Å². The molecule has 0 aliphatic rings. The van der Waals surface area contributed by atoms with Gasteiger partial charge in [-0.15, -0.1) is 0 Å². The molecular weight excluding hydrogens is 286 g/mol. The Labute approximate surface area is 127 Å². The normalized spacial score (nSPS) is 10.6. The second kappa shape index (κ2) is 5.54. The van der Waals surface area contributed by atoms with E-state index in [2.05, 4.69) is 20.4 Å². The number of halogens is 1. The van der Waals surface area contributed by atoms with Crippen LogP contribution in [0.25, 0.3) is 11.3 Å². The van der Waals surface area contributed by atoms with E-state index in [1.165, 1.54) is 0 Å². The van der Waals surface area contributed by atoms with Crippen molar-refractivity contribution in [1.82, 2.24) is 19.7 Å². The van der Waals surface area contributed by atoms with Crippen LogP contribution >= 0.6 is 11.6 Å². The largest absolute Gasteiger partial charge is 0.324 e. The summed E-state index contributed by atoms with van der Waals surface area (Å²) in [7, 11) is 1.85. The summed E-state index contributed by atoms with van der Waals surface area (Å²) in [6, 6.07) is 7.97. The number of benzene rings is 1. The van der Waals surface area contributed by atoms with Crippen LogP contribution in [0.2, 0.25) is 5.02 Å². The van der Waals surface area contributed by atoms with Crippen molar-refractivity contribution in [3.05, 3.63) is 53.4 Å². The van der Waals surface area contributed by atoms with Crippen LogP contribution in [0.5, 0.6) is 0 Å². The maximum absolute atomic E-state index is 6.18. The molecule has 0 aliphatic heterocycles. The zero-order valence-corrected chi connectivity index (χ0v) is 12.5. The lowest BCUT2D eigenvalue weighted by molar-refractivity contribution is 0.768. The van der Waals surface area contributed by atoms with Crippen LogP contribution in [0, 0.1) is 6.92 Å². The van der Waals surface area contributed by atoms with Crippen LogP contribution in [0.4, 0.5) is 11.6 Å². The van der Waals surface area contributed by atoms with Crippen LogP contribution in [0.3, 0.4) is 0 Å². The maximum atomic E-state index is 6.18. The first-order chi connectivity index (χ1) is 10.1. The van der Waals surface area contributed by atoms with Crippen molar-refractivity contribution in [2.45, 2.75) is 6.92 Å². The molecule has 5 nitrogen and oxygen atoms in total. The zero-order chi connectivity index (χ0) is 14.8. The lowest BCUT2D eigenvalue weighted by Gasteiger charge is -2.09. The first kappa shape index (κ1) is 13.6. The van der Waals surface area contributed by atoms with Crippen LogP contribution < -0.4 is 5.32 Å². The summed E-state index contributed by atoms with van der Waals surface area (Å²) in [6.07, 6.45) is 5.19. The summed E-state index contributed by atoms with van der Waals surface area (Å²) in [5.41, 5.74) is 3.62. The standard InChI is InChI=1S/C15H14ClN5/c1-10-5-3-4-6-13(10)19-15-17-8-12(16)14(20-15)11-7-18-21(2)9-11/h3-9H,1-2H3,(H,17,19,20). The van der Waals surface area contributed by atoms with Gasteiger partial charge in [-0.25, -0.2) is 9.97 Å². The fraction of sp³-hybridized carbons (Fsp3) is 0.133. The monoisotopic (exact) mass is 299 g/mol. The van der Waals surface area contributed by atoms with E-state index < -0.39 is 0 Å². The highest BCUT2D eigenvalue weighted by atomic mass is 35.5. The van der Waals surface area contributed by atoms with E-state index in [1.807, 2.05) is 44.4 Å². The molecule has 0 saturated carbocycles. The van der Waals surface area contributed by atoms with E-state index in [1.54, 1.807) is 17.1 Å². The molecule has 3 aromatic rings. The number of nitrogens with zero attached hydrogens (tertiary/aromatic N) is 4. The van der Waals surface area contributed by atoms with Crippen LogP contribution in [-0.2, 0) is 7.05 Å². The van der Waals surface area contributed by atoms with Crippen molar-refractivity contribution in [1.29, 1.82) is 0 Å². The summed E-state index contributed by atoms with van der Waals surface area (Å²) in [6.45, 7) is 2.03. The van der Waals surface area contributed by atoms with Gasteiger partial charge in [-0.2, -0.15) is 5.10 Å². The molecule has 0 amide bonds. The Bertz CT molecular complexity index is 781. The van der Waals surface area contributed by atoms with Crippen molar-refractivity contribution in [3.63, 3.8) is 0 Å². The average molecular weight is 300 g/mol. The Morgan fingerprint density at radius 2 is 2.00 bits per heavy atom. The fourth-order valence-corrected chi connectivity index (χ4v) is 2.21. The molecule has 0 radical (unpaired) electrons. The van der Waals surface area contributed by atoms with Gasteiger partial charge in [0, 0.05) is 24.5 Å². The second-order valence-electron chi connectivity index (χ2n) is 4.73. The molecule has 6 heteroatoms. The van der Waals surface area contributed by atoms with Gasteiger partial charge in [0.05, 0.1) is 23.1 Å². The molecule has 1 aromatic carbocycles. The van der Waals surface area contributed by atoms with E-state index in [0.717, 1.165) is 16.8 Å². The topological polar surface area (TPSA) is 55.6 Å². The van der Waals surface area contributed by atoms with E-state index >= 15 is 0 Å². The Hall–Kier alpha value is -2.40. The van der Waals surface area contributed by atoms with Gasteiger partial charge >= 0.3 is 0 Å². The number of hydrogen-bond donors (Lipinski definition) is 1. The van der Waals surface area contributed by atoms with Crippen molar-refractivity contribution in [2.24, 2.45) is 7.05 Å². The third-order valence-electron chi connectivity index (χ3n) is 3.11. The van der Waals surface area contributed by atoms with E-state index in [4.69, 9.17) is 11.6 Å². The fourth-order valence-electron chi connectivity index (χ4n) is 2.01. The van der Waals surface area contributed by atoms with Gasteiger partial charge in [-0.05, 0) is 18.6 Å². The highest BCUT2D eigenvalue weighted by Gasteiger charge is 2.10. The summed E-state index contributed by atoms with van der Waals surface area (Å²) < 4.78 is 1.71. The lowest BCUT2D eigenvalue weighted by atomic mass is 10.2. The number of nitrogens with one attached hydrogen (secondary N) is 1. The van der Waals surface area contributed by atoms with Crippen molar-refractivity contribution >= 4 is 23.2 Å². The van der Waals surface area contributed by atoms with Crippen LogP contribution in [-0.4, -0.2) is 19.7 Å². The molecule has 3 rings (SSSR count). The minimum absolute atomic E-state index is 0.498. The molecule has 0 fully saturated rings. The molecule has 1 N–H and O–H groups in total. The van der Waals surface area contributed by atoms with Gasteiger partial charge in [-0.3, -0.25) is 4.68 Å². The van der Waals surface area contributed by atoms with Crippen LogP contribution in [0.1, 0.15) is 5.56 Å². The number of hydrogen-bond acceptors (Lipinski definition) is 4. The number of anilines is 2. The smallest absolute Gasteiger partial charge is 0.227 e. The van der Waals surface area contributed by atoms with Gasteiger partial charge in [0.25, 0.3) is 0 Å². The van der Waals surface area contributed by atoms with Gasteiger partial charge in [0.15, 0.2) is 0 Å². The molecule has 0 spiro atoms. The third-order valence-corrected chi connectivity index (χ3v) is 3.39. The molecule has 21 heavy (non-hydrogen) atoms. The first-order valence-corrected chi connectivity index (χ1v) is 6.85. The predicted octanol–water partition coefficient (Wildman–Crippen LogP) is 3.58. The third kappa shape index (κ3) is 2.87. The van der Waals surface area contributed by atoms with Crippen LogP contribution in [0.15, 0.2) is 42.9 Å². The van der Waals surface area contributed by atoms with E-state index in [0.29, 0.717) is 16.7 Å². The minimum Gasteiger partial charge on any atom is -0.324 e. The highest BCUT2D eigenvalue weighted by molar-refractivity contribution is 6.32. The van der Waals surface area contributed by atoms with Crippen molar-refractivity contribution < 1.29 is 0 Å². The predicted molar refractivity (Wildman–Crippen MR) is 83.7 cm³/mol. The first-order valence-electron chi connectivity index (χ1n) is 6.47. The summed E-state index contributed by atoms with van der Waals surface area (Å²) in [5.74, 6) is 0.507. The lowest BCUT2D eigenvalue weighted by Crippen LogP contribution is -1.99. The molecule has 0 saturated heterocycles. The van der Waals surface area contributed by atoms with Crippen molar-refractivity contribution in [3.8, 4) is 11.3 Å². The summed E-state index contributed by atoms with van der Waals surface area (Å²) in [5, 5.41) is 7.85. The highest BCUT2D eigenvalue weighted by Crippen LogP contribution is 2.27. The second-order valence-corrected chi connectivity index (χ2v) is 5.14.